The minimum Gasteiger partial charge on any atom is -0.507 e. The van der Waals surface area contributed by atoms with Crippen LogP contribution in [0.4, 0.5) is 5.69 Å². The van der Waals surface area contributed by atoms with Gasteiger partial charge in [-0.05, 0) is 75.4 Å². The first kappa shape index (κ1) is 21.9. The number of anilines is 1. The minimum absolute atomic E-state index is 0.0496. The summed E-state index contributed by atoms with van der Waals surface area (Å²) in [5.74, 6) is -0.683. The van der Waals surface area contributed by atoms with Crippen molar-refractivity contribution < 1.29 is 23.4 Å². The Morgan fingerprint density at radius 1 is 1.14 bits per heavy atom. The van der Waals surface area contributed by atoms with Crippen LogP contribution in [0.15, 0.2) is 41.3 Å². The molecule has 0 saturated heterocycles. The first-order valence-electron chi connectivity index (χ1n) is 9.14. The van der Waals surface area contributed by atoms with Gasteiger partial charge in [-0.1, -0.05) is 19.1 Å². The Morgan fingerprint density at radius 3 is 2.39 bits per heavy atom. The summed E-state index contributed by atoms with van der Waals surface area (Å²) >= 11 is 0. The molecule has 7 heteroatoms. The maximum atomic E-state index is 12.8. The Bertz CT molecular complexity index is 975. The molecular formula is C21H27NO5S. The van der Waals surface area contributed by atoms with Gasteiger partial charge >= 0.3 is 0 Å². The molecule has 0 unspecified atom stereocenters. The van der Waals surface area contributed by atoms with Gasteiger partial charge in [-0.15, -0.1) is 0 Å². The van der Waals surface area contributed by atoms with Crippen LogP contribution in [0.25, 0.3) is 0 Å². The molecule has 2 aromatic carbocycles. The Hall–Kier alpha value is -2.38. The highest BCUT2D eigenvalue weighted by atomic mass is 32.2. The number of sulfonamides is 1. The van der Waals surface area contributed by atoms with Crippen molar-refractivity contribution in [3.63, 3.8) is 0 Å². The van der Waals surface area contributed by atoms with Crippen molar-refractivity contribution in [2.75, 3.05) is 4.72 Å². The highest BCUT2D eigenvalue weighted by Gasteiger charge is 2.20. The van der Waals surface area contributed by atoms with E-state index in [-0.39, 0.29) is 16.2 Å². The molecule has 3 N–H and O–H groups in total. The number of phenolic OH excluding ortho intramolecular Hbond substituents is 1. The van der Waals surface area contributed by atoms with Crippen LogP contribution in [0.1, 0.15) is 55.6 Å². The lowest BCUT2D eigenvalue weighted by Gasteiger charge is -2.19. The summed E-state index contributed by atoms with van der Waals surface area (Å²) < 4.78 is 28.3. The SMILES string of the molecule is CCc1ccc(NS(=O)(=O)c2ccc(O)c(C(C)=O)c2)c(CCC(C)(C)O)c1. The molecule has 0 fully saturated rings. The van der Waals surface area contributed by atoms with Crippen LogP contribution in [-0.4, -0.2) is 30.0 Å². The molecule has 28 heavy (non-hydrogen) atoms. The Morgan fingerprint density at radius 2 is 1.82 bits per heavy atom. The molecule has 0 amide bonds. The zero-order valence-electron chi connectivity index (χ0n) is 16.6. The van der Waals surface area contributed by atoms with E-state index < -0.39 is 21.4 Å². The Kier molecular flexibility index (Phi) is 6.52. The van der Waals surface area contributed by atoms with Gasteiger partial charge in [0, 0.05) is 0 Å². The van der Waals surface area contributed by atoms with Gasteiger partial charge in [0.2, 0.25) is 0 Å². The summed E-state index contributed by atoms with van der Waals surface area (Å²) in [6.07, 6.45) is 1.79. The van der Waals surface area contributed by atoms with Gasteiger partial charge in [0.15, 0.2) is 5.78 Å². The molecule has 0 spiro atoms. The normalized spacial score (nSPS) is 12.0. The third-order valence-corrected chi connectivity index (χ3v) is 5.85. The fourth-order valence-electron chi connectivity index (χ4n) is 2.78. The summed E-state index contributed by atoms with van der Waals surface area (Å²) in [6, 6.07) is 9.10. The maximum absolute atomic E-state index is 12.8. The van der Waals surface area contributed by atoms with Gasteiger partial charge in [-0.2, -0.15) is 0 Å². The molecule has 2 rings (SSSR count). The van der Waals surface area contributed by atoms with Crippen LogP contribution in [0.5, 0.6) is 5.75 Å². The monoisotopic (exact) mass is 405 g/mol. The number of carbonyl (C=O) groups is 1. The molecule has 152 valence electrons. The van der Waals surface area contributed by atoms with E-state index in [9.17, 15) is 23.4 Å². The average molecular weight is 406 g/mol. The number of rotatable bonds is 8. The summed E-state index contributed by atoms with van der Waals surface area (Å²) in [5.41, 5.74) is 1.37. The van der Waals surface area contributed by atoms with Crippen LogP contribution < -0.4 is 4.72 Å². The van der Waals surface area contributed by atoms with Crippen LogP contribution in [0, 0.1) is 0 Å². The second-order valence-electron chi connectivity index (χ2n) is 7.50. The van der Waals surface area contributed by atoms with Crippen LogP contribution >= 0.6 is 0 Å². The second kappa shape index (κ2) is 8.32. The third kappa shape index (κ3) is 5.56. The molecule has 0 aromatic heterocycles. The zero-order valence-corrected chi connectivity index (χ0v) is 17.4. The van der Waals surface area contributed by atoms with Gasteiger partial charge in [-0.25, -0.2) is 8.42 Å². The van der Waals surface area contributed by atoms with Gasteiger partial charge in [-0.3, -0.25) is 9.52 Å². The first-order valence-corrected chi connectivity index (χ1v) is 10.6. The largest absolute Gasteiger partial charge is 0.507 e. The quantitative estimate of drug-likeness (QED) is 0.582. The number of nitrogens with one attached hydrogen (secondary N) is 1. The molecule has 0 saturated carbocycles. The lowest BCUT2D eigenvalue weighted by molar-refractivity contribution is 0.0714. The highest BCUT2D eigenvalue weighted by molar-refractivity contribution is 7.92. The molecule has 0 atom stereocenters. The smallest absolute Gasteiger partial charge is 0.261 e. The molecule has 0 aliphatic rings. The molecule has 6 nitrogen and oxygen atoms in total. The number of aliphatic hydroxyl groups is 1. The summed E-state index contributed by atoms with van der Waals surface area (Å²) in [6.45, 7) is 6.69. The minimum atomic E-state index is -3.96. The topological polar surface area (TPSA) is 104 Å². The van der Waals surface area contributed by atoms with Crippen molar-refractivity contribution in [2.45, 2.75) is 57.5 Å². The van der Waals surface area contributed by atoms with E-state index in [0.717, 1.165) is 23.6 Å². The second-order valence-corrected chi connectivity index (χ2v) is 9.18. The fourth-order valence-corrected chi connectivity index (χ4v) is 3.91. The van der Waals surface area contributed by atoms with Gasteiger partial charge in [0.05, 0.1) is 21.7 Å². The van der Waals surface area contributed by atoms with Crippen LogP contribution in [0.2, 0.25) is 0 Å². The zero-order chi connectivity index (χ0) is 21.1. The predicted molar refractivity (Wildman–Crippen MR) is 109 cm³/mol. The van der Waals surface area contributed by atoms with Crippen molar-refractivity contribution in [3.05, 3.63) is 53.1 Å². The van der Waals surface area contributed by atoms with E-state index in [2.05, 4.69) is 4.72 Å². The Labute approximate surface area is 166 Å². The van der Waals surface area contributed by atoms with E-state index in [1.54, 1.807) is 19.9 Å². The first-order chi connectivity index (χ1) is 12.9. The van der Waals surface area contributed by atoms with E-state index in [4.69, 9.17) is 0 Å². The lowest BCUT2D eigenvalue weighted by Crippen LogP contribution is -2.20. The summed E-state index contributed by atoms with van der Waals surface area (Å²) in [5, 5.41) is 19.8. The predicted octanol–water partition coefficient (Wildman–Crippen LogP) is 3.66. The number of Topliss-reactive ketones (excluding diaryl/α,β-unsaturated/α-hetero) is 1. The van der Waals surface area contributed by atoms with E-state index in [1.165, 1.54) is 19.1 Å². The molecule has 0 heterocycles. The number of phenols is 1. The van der Waals surface area contributed by atoms with E-state index >= 15 is 0 Å². The number of carbonyl (C=O) groups excluding carboxylic acids is 1. The van der Waals surface area contributed by atoms with Crippen molar-refractivity contribution in [1.82, 2.24) is 0 Å². The molecule has 0 aliphatic carbocycles. The standard InChI is InChI=1S/C21H27NO5S/c1-5-15-6-8-19(16(12-15)10-11-21(3,4)25)22-28(26,27)17-7-9-20(24)18(13-17)14(2)23/h6-9,12-13,22,24-25H,5,10-11H2,1-4H3. The third-order valence-electron chi connectivity index (χ3n) is 4.49. The Balaban J connectivity index is 2.40. The fraction of sp³-hybridized carbons (Fsp3) is 0.381. The van der Waals surface area contributed by atoms with Crippen LogP contribution in [0.3, 0.4) is 0 Å². The van der Waals surface area contributed by atoms with E-state index in [1.807, 2.05) is 19.1 Å². The average Bonchev–Trinajstić information content (AvgIpc) is 2.59. The molecule has 0 bridgehead atoms. The van der Waals surface area contributed by atoms with Gasteiger partial charge < -0.3 is 10.2 Å². The van der Waals surface area contributed by atoms with Gasteiger partial charge in [0.1, 0.15) is 5.75 Å². The lowest BCUT2D eigenvalue weighted by atomic mass is 9.96. The van der Waals surface area contributed by atoms with Crippen molar-refractivity contribution >= 4 is 21.5 Å². The summed E-state index contributed by atoms with van der Waals surface area (Å²) in [7, 11) is -3.96. The van der Waals surface area contributed by atoms with Crippen LogP contribution in [-0.2, 0) is 22.9 Å². The highest BCUT2D eigenvalue weighted by Crippen LogP contribution is 2.27. The molecular weight excluding hydrogens is 378 g/mol. The van der Waals surface area contributed by atoms with Gasteiger partial charge in [0.25, 0.3) is 10.0 Å². The maximum Gasteiger partial charge on any atom is 0.261 e. The molecule has 0 aliphatic heterocycles. The number of aryl methyl sites for hydroxylation is 2. The van der Waals surface area contributed by atoms with E-state index in [0.29, 0.717) is 18.5 Å². The van der Waals surface area contributed by atoms with Crippen molar-refractivity contribution in [1.29, 1.82) is 0 Å². The molecule has 0 radical (unpaired) electrons. The van der Waals surface area contributed by atoms with Crippen molar-refractivity contribution in [3.8, 4) is 5.75 Å². The number of ketones is 1. The number of hydrogen-bond donors (Lipinski definition) is 3. The number of benzene rings is 2. The summed E-state index contributed by atoms with van der Waals surface area (Å²) in [4.78, 5) is 11.5. The molecule has 2 aromatic rings. The van der Waals surface area contributed by atoms with Crippen molar-refractivity contribution in [2.24, 2.45) is 0 Å². The number of aromatic hydroxyl groups is 1. The number of hydrogen-bond acceptors (Lipinski definition) is 5.